The Kier molecular flexibility index (Phi) is 9.78. The van der Waals surface area contributed by atoms with Gasteiger partial charge in [0, 0.05) is 40.3 Å². The van der Waals surface area contributed by atoms with Gasteiger partial charge in [-0.3, -0.25) is 0 Å². The van der Waals surface area contributed by atoms with E-state index < -0.39 is 0 Å². The van der Waals surface area contributed by atoms with Crippen LogP contribution in [-0.2, 0) is 32.5 Å². The molecule has 0 fully saturated rings. The first-order valence-corrected chi connectivity index (χ1v) is 22.9. The average molecular weight is 789 g/mol. The first kappa shape index (κ1) is 41.8. The molecular weight excluding hydrogens is 715 g/mol. The summed E-state index contributed by atoms with van der Waals surface area (Å²) >= 11 is 0. The molecule has 8 rings (SSSR count). The van der Waals surface area contributed by atoms with Gasteiger partial charge in [0.2, 0.25) is 0 Å². The van der Waals surface area contributed by atoms with Gasteiger partial charge in [-0.2, -0.15) is 0 Å². The number of rotatable bonds is 3. The fraction of sp³-hybridized carbons (Fsp3) is 0.527. The van der Waals surface area contributed by atoms with E-state index in [4.69, 9.17) is 4.42 Å². The van der Waals surface area contributed by atoms with Crippen LogP contribution in [0, 0.1) is 0 Å². The third-order valence-electron chi connectivity index (χ3n) is 15.2. The lowest BCUT2D eigenvalue weighted by atomic mass is 9.33. The molecule has 2 bridgehead atoms. The van der Waals surface area contributed by atoms with Crippen molar-refractivity contribution in [3.63, 3.8) is 0 Å². The van der Waals surface area contributed by atoms with Crippen molar-refractivity contribution in [1.29, 1.82) is 0 Å². The lowest BCUT2D eigenvalue weighted by Gasteiger charge is -2.45. The van der Waals surface area contributed by atoms with Crippen molar-refractivity contribution in [3.05, 3.63) is 118 Å². The summed E-state index contributed by atoms with van der Waals surface area (Å²) in [7, 11) is 0. The van der Waals surface area contributed by atoms with Gasteiger partial charge in [-0.05, 0) is 135 Å². The molecule has 1 aromatic heterocycles. The number of hydrogen-bond donors (Lipinski definition) is 0. The van der Waals surface area contributed by atoms with Crippen LogP contribution < -0.4 is 20.9 Å². The predicted molar refractivity (Wildman–Crippen MR) is 256 cm³/mol. The van der Waals surface area contributed by atoms with Crippen molar-refractivity contribution in [1.82, 2.24) is 0 Å². The predicted octanol–water partition coefficient (Wildman–Crippen LogP) is 14.1. The maximum atomic E-state index is 7.67. The van der Waals surface area contributed by atoms with E-state index in [2.05, 4.69) is 193 Å². The number of furan rings is 1. The van der Waals surface area contributed by atoms with Crippen molar-refractivity contribution >= 4 is 40.6 Å². The molecule has 0 radical (unpaired) electrons. The summed E-state index contributed by atoms with van der Waals surface area (Å²) in [6.45, 7) is 39.2. The summed E-state index contributed by atoms with van der Waals surface area (Å²) in [5, 5.41) is 0. The van der Waals surface area contributed by atoms with Crippen molar-refractivity contribution < 1.29 is 4.42 Å². The van der Waals surface area contributed by atoms with E-state index in [-0.39, 0.29) is 45.0 Å². The van der Waals surface area contributed by atoms with E-state index in [1.54, 1.807) is 0 Å². The smallest absolute Gasteiger partial charge is 0.269 e. The van der Waals surface area contributed by atoms with Gasteiger partial charge in [-0.15, -0.1) is 0 Å². The molecule has 3 nitrogen and oxygen atoms in total. The number of fused-ring (bicyclic) bond motifs is 9. The van der Waals surface area contributed by atoms with Crippen molar-refractivity contribution in [2.45, 2.75) is 181 Å². The van der Waals surface area contributed by atoms with Crippen LogP contribution in [0.3, 0.4) is 0 Å². The van der Waals surface area contributed by atoms with Crippen LogP contribution in [0.15, 0.2) is 88.5 Å². The molecule has 1 atom stereocenters. The van der Waals surface area contributed by atoms with Crippen LogP contribution in [0.5, 0.6) is 0 Å². The molecule has 0 N–H and O–H groups in total. The normalized spacial score (nSPS) is 23.5. The monoisotopic (exact) mass is 789 g/mol. The molecule has 0 saturated carbocycles. The van der Waals surface area contributed by atoms with Crippen LogP contribution in [0.25, 0.3) is 0 Å². The van der Waals surface area contributed by atoms with E-state index in [0.717, 1.165) is 31.5 Å². The minimum Gasteiger partial charge on any atom is -0.473 e. The fourth-order valence-corrected chi connectivity index (χ4v) is 10.9. The standard InChI is InChI=1S/C55H73BN2O/c1-17-36-26-31-57(39-22-18-37(19-23-39)50(3,4)5)45-34-42-41(52(9,10)27-28-53(42,11)12)33-43(45)56-35(2)44(32-36)58(40-24-20-38(21-25-40)51(6,7)8)47-46-48(59-49(47)56)55(15,16)30-29-54(46,13)14/h18-26,32-35H,17,27-31H2,1-16H3/b36-26+,44-32+. The number of anilines is 4. The van der Waals surface area contributed by atoms with E-state index in [9.17, 15) is 0 Å². The summed E-state index contributed by atoms with van der Waals surface area (Å²) in [5.74, 6) is 1.32. The Morgan fingerprint density at radius 1 is 0.678 bits per heavy atom. The molecule has 2 aliphatic carbocycles. The summed E-state index contributed by atoms with van der Waals surface area (Å²) in [5.41, 5.74) is 17.7. The first-order chi connectivity index (χ1) is 27.4. The largest absolute Gasteiger partial charge is 0.473 e. The second kappa shape index (κ2) is 13.8. The van der Waals surface area contributed by atoms with E-state index in [1.165, 1.54) is 85.9 Å². The molecule has 59 heavy (non-hydrogen) atoms. The molecule has 4 heteroatoms. The second-order valence-corrected chi connectivity index (χ2v) is 23.5. The Hall–Kier alpha value is -3.92. The Morgan fingerprint density at radius 2 is 1.19 bits per heavy atom. The second-order valence-electron chi connectivity index (χ2n) is 23.5. The van der Waals surface area contributed by atoms with Crippen LogP contribution in [-0.4, -0.2) is 13.3 Å². The zero-order chi connectivity index (χ0) is 42.8. The van der Waals surface area contributed by atoms with Crippen LogP contribution >= 0.6 is 0 Å². The average Bonchev–Trinajstić information content (AvgIpc) is 3.57. The molecule has 1 unspecified atom stereocenters. The molecule has 0 amide bonds. The zero-order valence-corrected chi connectivity index (χ0v) is 39.6. The Bertz CT molecular complexity index is 2330. The summed E-state index contributed by atoms with van der Waals surface area (Å²) in [6, 6.07) is 24.2. The third-order valence-corrected chi connectivity index (χ3v) is 15.2. The van der Waals surface area contributed by atoms with Crippen molar-refractivity contribution in [3.8, 4) is 0 Å². The van der Waals surface area contributed by atoms with Crippen molar-refractivity contribution in [2.24, 2.45) is 0 Å². The molecule has 4 aromatic rings. The number of benzene rings is 3. The molecule has 3 aromatic carbocycles. The van der Waals surface area contributed by atoms with Crippen LogP contribution in [0.2, 0.25) is 5.82 Å². The number of allylic oxidation sites excluding steroid dienone is 3. The topological polar surface area (TPSA) is 19.6 Å². The van der Waals surface area contributed by atoms with Crippen LogP contribution in [0.1, 0.15) is 176 Å². The zero-order valence-electron chi connectivity index (χ0n) is 39.6. The highest BCUT2D eigenvalue weighted by molar-refractivity contribution is 6.88. The quantitative estimate of drug-likeness (QED) is 0.193. The highest BCUT2D eigenvalue weighted by Gasteiger charge is 2.52. The lowest BCUT2D eigenvalue weighted by molar-refractivity contribution is 0.282. The molecule has 2 aliphatic heterocycles. The van der Waals surface area contributed by atoms with E-state index in [0.29, 0.717) is 0 Å². The SMILES string of the molecule is CCC1=C\CN(c2ccc(C(C)(C)C)cc2)c2cc3c(cc2B2c4oc5c(c4N(c4ccc(C(C)(C)C)cc4)\C(=C\1)C2C)C(C)(C)CCC5(C)C)C(C)(C)CCC3(C)C. The maximum absolute atomic E-state index is 7.67. The molecule has 0 spiro atoms. The molecule has 312 valence electrons. The first-order valence-electron chi connectivity index (χ1n) is 22.9. The summed E-state index contributed by atoms with van der Waals surface area (Å²) in [4.78, 5) is 5.28. The van der Waals surface area contributed by atoms with Crippen LogP contribution in [0.4, 0.5) is 22.7 Å². The van der Waals surface area contributed by atoms with Gasteiger partial charge in [-0.25, -0.2) is 0 Å². The number of nitrogens with zero attached hydrogens (tertiary/aromatic N) is 2. The fourth-order valence-electron chi connectivity index (χ4n) is 10.9. The third kappa shape index (κ3) is 6.97. The maximum Gasteiger partial charge on any atom is 0.269 e. The minimum absolute atomic E-state index is 0.0206. The van der Waals surface area contributed by atoms with Gasteiger partial charge < -0.3 is 14.2 Å². The summed E-state index contributed by atoms with van der Waals surface area (Å²) < 4.78 is 7.67. The molecule has 4 aliphatic rings. The Labute approximate surface area is 358 Å². The number of hydrogen-bond acceptors (Lipinski definition) is 3. The highest BCUT2D eigenvalue weighted by atomic mass is 16.3. The van der Waals surface area contributed by atoms with E-state index in [1.807, 2.05) is 0 Å². The van der Waals surface area contributed by atoms with Gasteiger partial charge >= 0.3 is 0 Å². The van der Waals surface area contributed by atoms with Gasteiger partial charge in [0.15, 0.2) is 0 Å². The molecular formula is C55H73BN2O. The molecule has 3 heterocycles. The highest BCUT2D eigenvalue weighted by Crippen LogP contribution is 2.55. The Balaban J connectivity index is 1.50. The van der Waals surface area contributed by atoms with E-state index >= 15 is 0 Å². The van der Waals surface area contributed by atoms with Gasteiger partial charge in [0.05, 0.1) is 11.3 Å². The summed E-state index contributed by atoms with van der Waals surface area (Å²) in [6.07, 6.45) is 10.6. The van der Waals surface area contributed by atoms with Crippen molar-refractivity contribution in [2.75, 3.05) is 16.3 Å². The molecule has 0 saturated heterocycles. The van der Waals surface area contributed by atoms with Gasteiger partial charge in [-0.1, -0.05) is 147 Å². The van der Waals surface area contributed by atoms with Gasteiger partial charge in [0.1, 0.15) is 5.76 Å². The Morgan fingerprint density at radius 3 is 1.73 bits per heavy atom. The lowest BCUT2D eigenvalue weighted by Crippen LogP contribution is -2.54. The minimum atomic E-state index is -0.0738. The van der Waals surface area contributed by atoms with Gasteiger partial charge in [0.25, 0.3) is 6.71 Å².